The molecule has 1 saturated heterocycles. The van der Waals surface area contributed by atoms with Crippen LogP contribution in [0.3, 0.4) is 0 Å². The number of aromatic amines is 1. The third-order valence-corrected chi connectivity index (χ3v) is 5.48. The number of rotatable bonds is 7. The Hall–Kier alpha value is -2.97. The summed E-state index contributed by atoms with van der Waals surface area (Å²) in [7, 11) is 3.41. The lowest BCUT2D eigenvalue weighted by molar-refractivity contribution is 0.183. The molecule has 1 aromatic carbocycles. The standard InChI is InChI=1S/C22H26N4O4/c1-28-14-15-3-5-19(29-2)18(11-15)13-26-9-7-16(8-10-26)21-24-22(30-25-21)17-4-6-20(27)23-12-17/h3-6,11-12,16H,7-10,13-14H2,1-2H3,(H,23,27). The fraction of sp³-hybridized carbons (Fsp3) is 0.409. The number of aromatic nitrogens is 3. The quantitative estimate of drug-likeness (QED) is 0.640. The van der Waals surface area contributed by atoms with Crippen LogP contribution in [0.5, 0.6) is 5.75 Å². The maximum absolute atomic E-state index is 11.2. The average Bonchev–Trinajstić information content (AvgIpc) is 3.25. The van der Waals surface area contributed by atoms with Crippen molar-refractivity contribution in [2.24, 2.45) is 0 Å². The first kappa shape index (κ1) is 20.3. The van der Waals surface area contributed by atoms with Crippen LogP contribution >= 0.6 is 0 Å². The molecule has 2 aromatic heterocycles. The minimum atomic E-state index is -0.157. The zero-order chi connectivity index (χ0) is 20.9. The van der Waals surface area contributed by atoms with Gasteiger partial charge in [0.1, 0.15) is 5.75 Å². The van der Waals surface area contributed by atoms with Gasteiger partial charge >= 0.3 is 0 Å². The molecular weight excluding hydrogens is 384 g/mol. The molecule has 0 atom stereocenters. The Labute approximate surface area is 174 Å². The highest BCUT2D eigenvalue weighted by atomic mass is 16.5. The lowest BCUT2D eigenvalue weighted by atomic mass is 9.95. The van der Waals surface area contributed by atoms with Crippen molar-refractivity contribution < 1.29 is 14.0 Å². The second-order valence-corrected chi connectivity index (χ2v) is 7.53. The molecule has 30 heavy (non-hydrogen) atoms. The van der Waals surface area contributed by atoms with Crippen LogP contribution in [0.15, 0.2) is 45.8 Å². The van der Waals surface area contributed by atoms with Crippen LogP contribution in [-0.2, 0) is 17.9 Å². The van der Waals surface area contributed by atoms with E-state index in [-0.39, 0.29) is 11.5 Å². The molecule has 0 amide bonds. The number of piperidine rings is 1. The van der Waals surface area contributed by atoms with Crippen LogP contribution < -0.4 is 10.3 Å². The first-order chi connectivity index (χ1) is 14.7. The molecule has 4 rings (SSSR count). The van der Waals surface area contributed by atoms with Crippen molar-refractivity contribution in [3.63, 3.8) is 0 Å². The molecule has 0 spiro atoms. The van der Waals surface area contributed by atoms with Crippen molar-refractivity contribution >= 4 is 0 Å². The summed E-state index contributed by atoms with van der Waals surface area (Å²) in [6, 6.07) is 9.34. The summed E-state index contributed by atoms with van der Waals surface area (Å²) in [5.74, 6) is 2.34. The lowest BCUT2D eigenvalue weighted by Gasteiger charge is -2.31. The van der Waals surface area contributed by atoms with E-state index in [9.17, 15) is 4.79 Å². The number of nitrogens with one attached hydrogen (secondary N) is 1. The first-order valence-corrected chi connectivity index (χ1v) is 10.1. The van der Waals surface area contributed by atoms with Gasteiger partial charge < -0.3 is 19.0 Å². The van der Waals surface area contributed by atoms with Gasteiger partial charge in [-0.1, -0.05) is 11.2 Å². The first-order valence-electron chi connectivity index (χ1n) is 10.1. The molecule has 0 unspecified atom stereocenters. The van der Waals surface area contributed by atoms with Crippen molar-refractivity contribution in [1.29, 1.82) is 0 Å². The summed E-state index contributed by atoms with van der Waals surface area (Å²) in [6.45, 7) is 3.33. The number of hydrogen-bond acceptors (Lipinski definition) is 7. The lowest BCUT2D eigenvalue weighted by Crippen LogP contribution is -2.32. The zero-order valence-electron chi connectivity index (χ0n) is 17.3. The summed E-state index contributed by atoms with van der Waals surface area (Å²) in [5.41, 5.74) is 2.87. The Morgan fingerprint density at radius 1 is 1.20 bits per heavy atom. The summed E-state index contributed by atoms with van der Waals surface area (Å²) in [4.78, 5) is 20.8. The van der Waals surface area contributed by atoms with Crippen molar-refractivity contribution in [1.82, 2.24) is 20.0 Å². The average molecular weight is 410 g/mol. The normalized spacial score (nSPS) is 15.4. The van der Waals surface area contributed by atoms with Crippen LogP contribution in [0.4, 0.5) is 0 Å². The number of pyridine rings is 1. The van der Waals surface area contributed by atoms with Gasteiger partial charge in [0.05, 0.1) is 19.3 Å². The molecule has 158 valence electrons. The second-order valence-electron chi connectivity index (χ2n) is 7.53. The molecular formula is C22H26N4O4. The van der Waals surface area contributed by atoms with Crippen LogP contribution in [0.1, 0.15) is 35.7 Å². The van der Waals surface area contributed by atoms with E-state index in [1.165, 1.54) is 11.6 Å². The molecule has 0 saturated carbocycles. The minimum Gasteiger partial charge on any atom is -0.496 e. The van der Waals surface area contributed by atoms with Gasteiger partial charge in [-0.3, -0.25) is 9.69 Å². The van der Waals surface area contributed by atoms with Crippen molar-refractivity contribution in [2.45, 2.75) is 31.9 Å². The van der Waals surface area contributed by atoms with E-state index in [4.69, 9.17) is 14.0 Å². The molecule has 8 nitrogen and oxygen atoms in total. The van der Waals surface area contributed by atoms with E-state index in [2.05, 4.69) is 26.1 Å². The largest absolute Gasteiger partial charge is 0.496 e. The van der Waals surface area contributed by atoms with Crippen molar-refractivity contribution in [3.05, 3.63) is 63.8 Å². The Bertz CT molecular complexity index is 1020. The van der Waals surface area contributed by atoms with E-state index < -0.39 is 0 Å². The molecule has 1 aliphatic rings. The van der Waals surface area contributed by atoms with Crippen molar-refractivity contribution in [3.8, 4) is 17.2 Å². The molecule has 3 aromatic rings. The predicted molar refractivity (Wildman–Crippen MR) is 111 cm³/mol. The highest BCUT2D eigenvalue weighted by Crippen LogP contribution is 2.30. The van der Waals surface area contributed by atoms with Gasteiger partial charge in [0.15, 0.2) is 5.82 Å². The molecule has 3 heterocycles. The topological polar surface area (TPSA) is 93.5 Å². The second kappa shape index (κ2) is 9.23. The summed E-state index contributed by atoms with van der Waals surface area (Å²) in [5, 5.41) is 4.18. The van der Waals surface area contributed by atoms with Gasteiger partial charge in [0.25, 0.3) is 5.89 Å². The van der Waals surface area contributed by atoms with Crippen LogP contribution in [0.25, 0.3) is 11.5 Å². The SMILES string of the molecule is COCc1ccc(OC)c(CN2CCC(c3noc(-c4ccc(=O)[nH]c4)n3)CC2)c1. The van der Waals surface area contributed by atoms with E-state index in [1.807, 2.05) is 12.1 Å². The van der Waals surface area contributed by atoms with Crippen LogP contribution in [-0.4, -0.2) is 47.3 Å². The number of ether oxygens (including phenoxy) is 2. The maximum atomic E-state index is 11.2. The summed E-state index contributed by atoms with van der Waals surface area (Å²) in [6.07, 6.45) is 3.52. The number of likely N-dealkylation sites (tertiary alicyclic amines) is 1. The number of nitrogens with zero attached hydrogens (tertiary/aromatic N) is 3. The third kappa shape index (κ3) is 4.60. The highest BCUT2D eigenvalue weighted by Gasteiger charge is 2.25. The number of methoxy groups -OCH3 is 2. The van der Waals surface area contributed by atoms with Gasteiger partial charge in [-0.15, -0.1) is 0 Å². The van der Waals surface area contributed by atoms with Crippen LogP contribution in [0, 0.1) is 0 Å². The number of H-pyrrole nitrogens is 1. The fourth-order valence-electron chi connectivity index (χ4n) is 3.86. The van der Waals surface area contributed by atoms with Gasteiger partial charge in [-0.05, 0) is 49.7 Å². The van der Waals surface area contributed by atoms with Gasteiger partial charge in [0.2, 0.25) is 5.56 Å². The van der Waals surface area contributed by atoms with Crippen molar-refractivity contribution in [2.75, 3.05) is 27.3 Å². The maximum Gasteiger partial charge on any atom is 0.259 e. The Morgan fingerprint density at radius 3 is 2.73 bits per heavy atom. The Kier molecular flexibility index (Phi) is 6.25. The monoisotopic (exact) mass is 410 g/mol. The summed E-state index contributed by atoms with van der Waals surface area (Å²) >= 11 is 0. The fourth-order valence-corrected chi connectivity index (χ4v) is 3.86. The predicted octanol–water partition coefficient (Wildman–Crippen LogP) is 2.96. The molecule has 0 radical (unpaired) electrons. The zero-order valence-corrected chi connectivity index (χ0v) is 17.3. The van der Waals surface area contributed by atoms with E-state index in [0.29, 0.717) is 18.1 Å². The third-order valence-electron chi connectivity index (χ3n) is 5.48. The number of benzene rings is 1. The van der Waals surface area contributed by atoms with Gasteiger partial charge in [0, 0.05) is 37.4 Å². The summed E-state index contributed by atoms with van der Waals surface area (Å²) < 4.78 is 16.2. The van der Waals surface area contributed by atoms with Gasteiger partial charge in [-0.2, -0.15) is 4.98 Å². The smallest absolute Gasteiger partial charge is 0.259 e. The molecule has 8 heteroatoms. The minimum absolute atomic E-state index is 0.157. The number of hydrogen-bond donors (Lipinski definition) is 1. The van der Waals surface area contributed by atoms with Crippen LogP contribution in [0.2, 0.25) is 0 Å². The Balaban J connectivity index is 1.38. The highest BCUT2D eigenvalue weighted by molar-refractivity contribution is 5.50. The molecule has 0 bridgehead atoms. The molecule has 1 N–H and O–H groups in total. The Morgan fingerprint density at radius 2 is 2.03 bits per heavy atom. The van der Waals surface area contributed by atoms with E-state index in [0.717, 1.165) is 49.6 Å². The molecule has 1 aliphatic heterocycles. The molecule has 0 aliphatic carbocycles. The molecule has 1 fully saturated rings. The van der Waals surface area contributed by atoms with E-state index >= 15 is 0 Å². The van der Waals surface area contributed by atoms with E-state index in [1.54, 1.807) is 26.5 Å². The van der Waals surface area contributed by atoms with Gasteiger partial charge in [-0.25, -0.2) is 0 Å².